The van der Waals surface area contributed by atoms with Gasteiger partial charge in [-0.05, 0) is 37.0 Å². The molecule has 94 valence electrons. The fourth-order valence-electron chi connectivity index (χ4n) is 1.82. The monoisotopic (exact) mass is 241 g/mol. The highest BCUT2D eigenvalue weighted by Crippen LogP contribution is 2.19. The third-order valence-corrected chi connectivity index (χ3v) is 2.97. The van der Waals surface area contributed by atoms with Crippen molar-refractivity contribution in [1.29, 1.82) is 0 Å². The van der Waals surface area contributed by atoms with Gasteiger partial charge >= 0.3 is 0 Å². The first kappa shape index (κ1) is 12.5. The molecule has 2 heteroatoms. The van der Waals surface area contributed by atoms with E-state index in [1.54, 1.807) is 0 Å². The zero-order valence-electron chi connectivity index (χ0n) is 10.7. The van der Waals surface area contributed by atoms with Crippen LogP contribution < -0.4 is 10.5 Å². The molecule has 0 amide bonds. The summed E-state index contributed by atoms with van der Waals surface area (Å²) in [4.78, 5) is 0. The molecular formula is C16H19NO. The number of rotatable bonds is 5. The molecule has 0 radical (unpaired) electrons. The van der Waals surface area contributed by atoms with E-state index in [4.69, 9.17) is 10.5 Å². The second kappa shape index (κ2) is 6.10. The molecule has 0 fully saturated rings. The van der Waals surface area contributed by atoms with Crippen molar-refractivity contribution in [3.05, 3.63) is 59.7 Å². The van der Waals surface area contributed by atoms with Crippen LogP contribution in [0.2, 0.25) is 0 Å². The van der Waals surface area contributed by atoms with Crippen LogP contribution in [0.25, 0.3) is 0 Å². The number of hydrogen-bond donors (Lipinski definition) is 1. The molecule has 0 aliphatic heterocycles. The van der Waals surface area contributed by atoms with Gasteiger partial charge in [-0.25, -0.2) is 0 Å². The fourth-order valence-corrected chi connectivity index (χ4v) is 1.82. The van der Waals surface area contributed by atoms with Crippen LogP contribution in [0.1, 0.15) is 17.5 Å². The third kappa shape index (κ3) is 3.52. The maximum atomic E-state index is 5.84. The molecule has 0 unspecified atom stereocenters. The molecule has 2 aromatic rings. The van der Waals surface area contributed by atoms with Gasteiger partial charge in [0.25, 0.3) is 0 Å². The predicted octanol–water partition coefficient (Wildman–Crippen LogP) is 3.59. The Morgan fingerprint density at radius 2 is 1.83 bits per heavy atom. The van der Waals surface area contributed by atoms with Crippen LogP contribution in [0, 0.1) is 6.92 Å². The molecule has 2 N–H and O–H groups in total. The summed E-state index contributed by atoms with van der Waals surface area (Å²) in [6.07, 6.45) is 2.06. The van der Waals surface area contributed by atoms with Gasteiger partial charge in [-0.15, -0.1) is 0 Å². The maximum Gasteiger partial charge on any atom is 0.121 e. The van der Waals surface area contributed by atoms with Crippen LogP contribution in [0.15, 0.2) is 48.5 Å². The van der Waals surface area contributed by atoms with E-state index in [1.807, 2.05) is 31.2 Å². The zero-order chi connectivity index (χ0) is 12.8. The van der Waals surface area contributed by atoms with Crippen molar-refractivity contribution in [2.75, 3.05) is 12.3 Å². The van der Waals surface area contributed by atoms with E-state index in [-0.39, 0.29) is 0 Å². The van der Waals surface area contributed by atoms with E-state index in [0.29, 0.717) is 0 Å². The number of nitrogen functional groups attached to an aromatic ring is 1. The standard InChI is InChI=1S/C16H19NO/c1-13-9-10-15(12-16(13)17)18-11-5-8-14-6-3-2-4-7-14/h2-4,6-7,9-10,12H,5,8,11,17H2,1H3. The Kier molecular flexibility index (Phi) is 4.24. The lowest BCUT2D eigenvalue weighted by Crippen LogP contribution is -2.00. The van der Waals surface area contributed by atoms with Crippen molar-refractivity contribution in [3.63, 3.8) is 0 Å². The summed E-state index contributed by atoms with van der Waals surface area (Å²) in [6, 6.07) is 16.3. The molecule has 2 nitrogen and oxygen atoms in total. The fraction of sp³-hybridized carbons (Fsp3) is 0.250. The molecule has 0 aliphatic rings. The number of aryl methyl sites for hydroxylation is 2. The number of benzene rings is 2. The molecule has 0 saturated carbocycles. The molecule has 0 aliphatic carbocycles. The number of anilines is 1. The third-order valence-electron chi connectivity index (χ3n) is 2.97. The van der Waals surface area contributed by atoms with Gasteiger partial charge < -0.3 is 10.5 Å². The molecule has 2 rings (SSSR count). The van der Waals surface area contributed by atoms with Gasteiger partial charge in [0.2, 0.25) is 0 Å². The predicted molar refractivity (Wildman–Crippen MR) is 75.8 cm³/mol. The van der Waals surface area contributed by atoms with E-state index in [2.05, 4.69) is 24.3 Å². The quantitative estimate of drug-likeness (QED) is 0.641. The molecule has 0 spiro atoms. The molecule has 18 heavy (non-hydrogen) atoms. The van der Waals surface area contributed by atoms with Crippen molar-refractivity contribution in [3.8, 4) is 5.75 Å². The van der Waals surface area contributed by atoms with Crippen LogP contribution in [-0.2, 0) is 6.42 Å². The second-order valence-corrected chi connectivity index (χ2v) is 4.46. The van der Waals surface area contributed by atoms with Crippen LogP contribution in [0.5, 0.6) is 5.75 Å². The summed E-state index contributed by atoms with van der Waals surface area (Å²) >= 11 is 0. The minimum absolute atomic E-state index is 0.720. The molecule has 0 aromatic heterocycles. The van der Waals surface area contributed by atoms with E-state index in [1.165, 1.54) is 5.56 Å². The van der Waals surface area contributed by atoms with Gasteiger partial charge in [0.15, 0.2) is 0 Å². The van der Waals surface area contributed by atoms with Gasteiger partial charge in [0.1, 0.15) is 5.75 Å². The van der Waals surface area contributed by atoms with E-state index in [9.17, 15) is 0 Å². The molecule has 0 saturated heterocycles. The Balaban J connectivity index is 1.77. The molecule has 2 aromatic carbocycles. The average Bonchev–Trinajstić information content (AvgIpc) is 2.40. The summed E-state index contributed by atoms with van der Waals surface area (Å²) < 4.78 is 5.68. The molecule has 0 bridgehead atoms. The summed E-state index contributed by atoms with van der Waals surface area (Å²) in [6.45, 7) is 2.71. The molecule has 0 atom stereocenters. The summed E-state index contributed by atoms with van der Waals surface area (Å²) in [5.74, 6) is 0.853. The highest BCUT2D eigenvalue weighted by atomic mass is 16.5. The average molecular weight is 241 g/mol. The minimum Gasteiger partial charge on any atom is -0.494 e. The lowest BCUT2D eigenvalue weighted by Gasteiger charge is -2.08. The van der Waals surface area contributed by atoms with Gasteiger partial charge in [-0.2, -0.15) is 0 Å². The van der Waals surface area contributed by atoms with Gasteiger partial charge in [-0.1, -0.05) is 36.4 Å². The van der Waals surface area contributed by atoms with E-state index in [0.717, 1.165) is 36.4 Å². The first-order valence-corrected chi connectivity index (χ1v) is 6.28. The Morgan fingerprint density at radius 1 is 1.06 bits per heavy atom. The summed E-state index contributed by atoms with van der Waals surface area (Å²) in [5.41, 5.74) is 9.06. The SMILES string of the molecule is Cc1ccc(OCCCc2ccccc2)cc1N. The lowest BCUT2D eigenvalue weighted by molar-refractivity contribution is 0.311. The van der Waals surface area contributed by atoms with Crippen molar-refractivity contribution < 1.29 is 4.74 Å². The maximum absolute atomic E-state index is 5.84. The van der Waals surface area contributed by atoms with Crippen molar-refractivity contribution in [2.45, 2.75) is 19.8 Å². The number of nitrogens with two attached hydrogens (primary N) is 1. The topological polar surface area (TPSA) is 35.2 Å². The minimum atomic E-state index is 0.720. The first-order chi connectivity index (χ1) is 8.75. The Bertz CT molecular complexity index is 494. The van der Waals surface area contributed by atoms with Crippen molar-refractivity contribution in [1.82, 2.24) is 0 Å². The Morgan fingerprint density at radius 3 is 2.56 bits per heavy atom. The van der Waals surface area contributed by atoms with Crippen molar-refractivity contribution in [2.24, 2.45) is 0 Å². The largest absolute Gasteiger partial charge is 0.494 e. The number of hydrogen-bond acceptors (Lipinski definition) is 2. The van der Waals surface area contributed by atoms with E-state index < -0.39 is 0 Å². The van der Waals surface area contributed by atoms with E-state index >= 15 is 0 Å². The second-order valence-electron chi connectivity index (χ2n) is 4.46. The summed E-state index contributed by atoms with van der Waals surface area (Å²) in [5, 5.41) is 0. The summed E-state index contributed by atoms with van der Waals surface area (Å²) in [7, 11) is 0. The Hall–Kier alpha value is -1.96. The highest BCUT2D eigenvalue weighted by Gasteiger charge is 1.98. The van der Waals surface area contributed by atoms with Crippen LogP contribution in [-0.4, -0.2) is 6.61 Å². The number of ether oxygens (including phenoxy) is 1. The molecule has 0 heterocycles. The van der Waals surface area contributed by atoms with Crippen LogP contribution in [0.4, 0.5) is 5.69 Å². The van der Waals surface area contributed by atoms with Crippen LogP contribution >= 0.6 is 0 Å². The smallest absolute Gasteiger partial charge is 0.121 e. The highest BCUT2D eigenvalue weighted by molar-refractivity contribution is 5.50. The Labute approximate surface area is 108 Å². The van der Waals surface area contributed by atoms with Gasteiger partial charge in [-0.3, -0.25) is 0 Å². The van der Waals surface area contributed by atoms with Crippen LogP contribution in [0.3, 0.4) is 0 Å². The van der Waals surface area contributed by atoms with Crippen molar-refractivity contribution >= 4 is 5.69 Å². The van der Waals surface area contributed by atoms with Gasteiger partial charge in [0.05, 0.1) is 6.61 Å². The zero-order valence-corrected chi connectivity index (χ0v) is 10.7. The van der Waals surface area contributed by atoms with Gasteiger partial charge in [0, 0.05) is 11.8 Å². The first-order valence-electron chi connectivity index (χ1n) is 6.28. The normalized spacial score (nSPS) is 10.3. The lowest BCUT2D eigenvalue weighted by atomic mass is 10.1. The molecular weight excluding hydrogens is 222 g/mol.